The molecule has 0 aliphatic heterocycles. The Morgan fingerprint density at radius 1 is 1.19 bits per heavy atom. The van der Waals surface area contributed by atoms with Gasteiger partial charge in [-0.1, -0.05) is 37.3 Å². The number of nitrogens with one attached hydrogen (secondary N) is 1. The fourth-order valence-electron chi connectivity index (χ4n) is 1.58. The molecule has 0 radical (unpaired) electrons. The third-order valence-electron chi connectivity index (χ3n) is 2.73. The van der Waals surface area contributed by atoms with Crippen molar-refractivity contribution in [2.75, 3.05) is 5.32 Å². The van der Waals surface area contributed by atoms with Crippen molar-refractivity contribution in [3.05, 3.63) is 40.4 Å². The lowest BCUT2D eigenvalue weighted by Crippen LogP contribution is -2.11. The SMILES string of the molecule is CC(C)c1ccc(C(=O)Nc2nnc(C(F)(F)F)s2)cc1. The van der Waals surface area contributed by atoms with Gasteiger partial charge in [-0.05, 0) is 23.6 Å². The lowest BCUT2D eigenvalue weighted by molar-refractivity contribution is -0.138. The third kappa shape index (κ3) is 3.78. The minimum Gasteiger partial charge on any atom is -0.296 e. The Balaban J connectivity index is 2.09. The van der Waals surface area contributed by atoms with Gasteiger partial charge in [-0.3, -0.25) is 10.1 Å². The highest BCUT2D eigenvalue weighted by Gasteiger charge is 2.35. The molecule has 2 aromatic rings. The molecule has 0 aliphatic carbocycles. The minimum absolute atomic E-state index is 0.180. The molecule has 0 aliphatic rings. The van der Waals surface area contributed by atoms with Crippen molar-refractivity contribution in [1.29, 1.82) is 0 Å². The molecule has 0 spiro atoms. The van der Waals surface area contributed by atoms with Crippen LogP contribution in [-0.2, 0) is 6.18 Å². The van der Waals surface area contributed by atoms with Gasteiger partial charge < -0.3 is 0 Å². The Hall–Kier alpha value is -1.96. The maximum absolute atomic E-state index is 12.4. The first-order valence-electron chi connectivity index (χ1n) is 6.09. The van der Waals surface area contributed by atoms with Gasteiger partial charge in [-0.15, -0.1) is 10.2 Å². The number of amides is 1. The van der Waals surface area contributed by atoms with Crippen LogP contribution < -0.4 is 5.32 Å². The molecule has 4 nitrogen and oxygen atoms in total. The fourth-order valence-corrected chi connectivity index (χ4v) is 2.18. The molecule has 0 unspecified atom stereocenters. The number of rotatable bonds is 3. The zero-order valence-electron chi connectivity index (χ0n) is 11.2. The van der Waals surface area contributed by atoms with Crippen LogP contribution in [0.4, 0.5) is 18.3 Å². The van der Waals surface area contributed by atoms with Crippen LogP contribution in [0.15, 0.2) is 24.3 Å². The number of hydrogen-bond acceptors (Lipinski definition) is 4. The highest BCUT2D eigenvalue weighted by atomic mass is 32.1. The van der Waals surface area contributed by atoms with Crippen LogP contribution >= 0.6 is 11.3 Å². The second-order valence-corrected chi connectivity index (χ2v) is 5.62. The van der Waals surface area contributed by atoms with Crippen molar-refractivity contribution in [2.24, 2.45) is 0 Å². The number of alkyl halides is 3. The lowest BCUT2D eigenvalue weighted by atomic mass is 10.0. The first kappa shape index (κ1) is 15.4. The molecule has 0 saturated heterocycles. The van der Waals surface area contributed by atoms with Gasteiger partial charge in [0.15, 0.2) is 0 Å². The van der Waals surface area contributed by atoms with E-state index in [4.69, 9.17) is 0 Å². The highest BCUT2D eigenvalue weighted by molar-refractivity contribution is 7.15. The van der Waals surface area contributed by atoms with E-state index in [1.165, 1.54) is 0 Å². The smallest absolute Gasteiger partial charge is 0.296 e. The minimum atomic E-state index is -4.56. The Kier molecular flexibility index (Phi) is 4.26. The molecule has 0 bridgehead atoms. The van der Waals surface area contributed by atoms with Gasteiger partial charge >= 0.3 is 6.18 Å². The largest absolute Gasteiger partial charge is 0.445 e. The van der Waals surface area contributed by atoms with E-state index in [0.29, 0.717) is 22.8 Å². The second kappa shape index (κ2) is 5.80. The second-order valence-electron chi connectivity index (χ2n) is 4.64. The molecule has 112 valence electrons. The van der Waals surface area contributed by atoms with Crippen LogP contribution in [-0.4, -0.2) is 16.1 Å². The normalized spacial score (nSPS) is 11.7. The molecule has 21 heavy (non-hydrogen) atoms. The van der Waals surface area contributed by atoms with Gasteiger partial charge in [0.2, 0.25) is 10.1 Å². The van der Waals surface area contributed by atoms with Crippen molar-refractivity contribution >= 4 is 22.4 Å². The quantitative estimate of drug-likeness (QED) is 0.933. The summed E-state index contributed by atoms with van der Waals surface area (Å²) in [5.74, 6) is -0.185. The molecule has 1 aromatic carbocycles. The first-order chi connectivity index (χ1) is 9.77. The molecular weight excluding hydrogens is 303 g/mol. The number of hydrogen-bond donors (Lipinski definition) is 1. The van der Waals surface area contributed by atoms with E-state index >= 15 is 0 Å². The predicted octanol–water partition coefficient (Wildman–Crippen LogP) is 3.93. The first-order valence-corrected chi connectivity index (χ1v) is 6.91. The summed E-state index contributed by atoms with van der Waals surface area (Å²) in [7, 11) is 0. The van der Waals surface area contributed by atoms with Gasteiger partial charge in [0.1, 0.15) is 0 Å². The third-order valence-corrected chi connectivity index (χ3v) is 3.61. The molecule has 8 heteroatoms. The average molecular weight is 315 g/mol. The van der Waals surface area contributed by atoms with E-state index in [1.54, 1.807) is 24.3 Å². The summed E-state index contributed by atoms with van der Waals surface area (Å²) < 4.78 is 37.1. The molecule has 1 N–H and O–H groups in total. The highest BCUT2D eigenvalue weighted by Crippen LogP contribution is 2.33. The summed E-state index contributed by atoms with van der Waals surface area (Å²) in [6.07, 6.45) is -4.56. The van der Waals surface area contributed by atoms with Crippen LogP contribution in [0.2, 0.25) is 0 Å². The number of anilines is 1. The summed E-state index contributed by atoms with van der Waals surface area (Å²) in [5.41, 5.74) is 1.42. The van der Waals surface area contributed by atoms with E-state index in [0.717, 1.165) is 5.56 Å². The molecule has 2 rings (SSSR count). The lowest BCUT2D eigenvalue weighted by Gasteiger charge is -2.06. The molecule has 0 saturated carbocycles. The van der Waals surface area contributed by atoms with Crippen molar-refractivity contribution in [3.63, 3.8) is 0 Å². The van der Waals surface area contributed by atoms with E-state index in [2.05, 4.69) is 15.5 Å². The molecule has 1 heterocycles. The van der Waals surface area contributed by atoms with Crippen molar-refractivity contribution in [3.8, 4) is 0 Å². The number of nitrogens with zero attached hydrogens (tertiary/aromatic N) is 2. The summed E-state index contributed by atoms with van der Waals surface area (Å²) in [6, 6.07) is 6.86. The summed E-state index contributed by atoms with van der Waals surface area (Å²) in [4.78, 5) is 11.9. The Morgan fingerprint density at radius 3 is 2.29 bits per heavy atom. The van der Waals surface area contributed by atoms with Crippen molar-refractivity contribution in [1.82, 2.24) is 10.2 Å². The maximum atomic E-state index is 12.4. The molecule has 0 atom stereocenters. The molecular formula is C13H12F3N3OS. The number of halogens is 3. The fraction of sp³-hybridized carbons (Fsp3) is 0.308. The number of benzene rings is 1. The predicted molar refractivity (Wildman–Crippen MR) is 73.4 cm³/mol. The van der Waals surface area contributed by atoms with Crippen molar-refractivity contribution in [2.45, 2.75) is 25.9 Å². The number of carbonyl (C=O) groups is 1. The summed E-state index contributed by atoms with van der Waals surface area (Å²) in [6.45, 7) is 4.05. The van der Waals surface area contributed by atoms with Gasteiger partial charge in [0.25, 0.3) is 5.91 Å². The van der Waals surface area contributed by atoms with Crippen LogP contribution in [0.3, 0.4) is 0 Å². The average Bonchev–Trinajstić information content (AvgIpc) is 2.87. The van der Waals surface area contributed by atoms with E-state index < -0.39 is 17.1 Å². The topological polar surface area (TPSA) is 54.9 Å². The molecule has 1 amide bonds. The van der Waals surface area contributed by atoms with Gasteiger partial charge in [0, 0.05) is 5.56 Å². The molecule has 0 fully saturated rings. The Bertz CT molecular complexity index is 635. The van der Waals surface area contributed by atoms with Crippen LogP contribution in [0.5, 0.6) is 0 Å². The zero-order chi connectivity index (χ0) is 15.6. The van der Waals surface area contributed by atoms with Gasteiger partial charge in [-0.25, -0.2) is 0 Å². The van der Waals surface area contributed by atoms with Crippen LogP contribution in [0.1, 0.15) is 40.7 Å². The maximum Gasteiger partial charge on any atom is 0.445 e. The Morgan fingerprint density at radius 2 is 1.81 bits per heavy atom. The van der Waals surface area contributed by atoms with E-state index in [1.807, 2.05) is 13.8 Å². The monoisotopic (exact) mass is 315 g/mol. The summed E-state index contributed by atoms with van der Waals surface area (Å²) in [5, 5.41) is 7.35. The van der Waals surface area contributed by atoms with Gasteiger partial charge in [0.05, 0.1) is 0 Å². The zero-order valence-corrected chi connectivity index (χ0v) is 12.0. The van der Waals surface area contributed by atoms with Gasteiger partial charge in [-0.2, -0.15) is 13.2 Å². The molecule has 1 aromatic heterocycles. The van der Waals surface area contributed by atoms with Crippen LogP contribution in [0.25, 0.3) is 0 Å². The summed E-state index contributed by atoms with van der Waals surface area (Å²) >= 11 is 0.292. The van der Waals surface area contributed by atoms with E-state index in [9.17, 15) is 18.0 Å². The standard InChI is InChI=1S/C13H12F3N3OS/c1-7(2)8-3-5-9(6-4-8)10(20)17-12-19-18-11(21-12)13(14,15)16/h3-7H,1-2H3,(H,17,19,20). The van der Waals surface area contributed by atoms with Crippen LogP contribution in [0, 0.1) is 0 Å². The van der Waals surface area contributed by atoms with Crippen molar-refractivity contribution < 1.29 is 18.0 Å². The van der Waals surface area contributed by atoms with E-state index in [-0.39, 0.29) is 5.13 Å². The number of aromatic nitrogens is 2. The Labute approximate surface area is 123 Å². The number of carbonyl (C=O) groups excluding carboxylic acids is 1.